The van der Waals surface area contributed by atoms with Crippen LogP contribution in [-0.4, -0.2) is 49.3 Å². The topological polar surface area (TPSA) is 96.1 Å². The van der Waals surface area contributed by atoms with Gasteiger partial charge in [-0.05, 0) is 42.7 Å². The number of anilines is 2. The molecule has 2 unspecified atom stereocenters. The maximum absolute atomic E-state index is 15.3. The molecule has 0 spiro atoms. The smallest absolute Gasteiger partial charge is 0.316 e. The molecule has 0 aromatic heterocycles. The van der Waals surface area contributed by atoms with Gasteiger partial charge in [0, 0.05) is 25.2 Å². The van der Waals surface area contributed by atoms with E-state index in [-0.39, 0.29) is 36.3 Å². The summed E-state index contributed by atoms with van der Waals surface area (Å²) in [5.74, 6) is -2.95. The number of methoxy groups -OCH3 is 1. The van der Waals surface area contributed by atoms with E-state index in [1.54, 1.807) is 4.90 Å². The largest absolute Gasteiger partial charge is 0.492 e. The summed E-state index contributed by atoms with van der Waals surface area (Å²) in [6, 6.07) is 1.35. The van der Waals surface area contributed by atoms with E-state index in [1.807, 2.05) is 4.90 Å². The molecule has 1 amide bonds. The van der Waals surface area contributed by atoms with Crippen LogP contribution < -0.4 is 20.3 Å². The third-order valence-electron chi connectivity index (χ3n) is 6.50. The third-order valence-corrected chi connectivity index (χ3v) is 6.50. The van der Waals surface area contributed by atoms with Gasteiger partial charge >= 0.3 is 5.97 Å². The van der Waals surface area contributed by atoms with Crippen molar-refractivity contribution in [1.29, 1.82) is 0 Å². The highest BCUT2D eigenvalue weighted by atomic mass is 35.5. The van der Waals surface area contributed by atoms with Gasteiger partial charge in [-0.3, -0.25) is 9.59 Å². The first-order chi connectivity index (χ1) is 13.7. The van der Waals surface area contributed by atoms with Gasteiger partial charge in [0.15, 0.2) is 11.6 Å². The number of nitrogens with zero attached hydrogens (tertiary/aromatic N) is 2. The molecule has 2 aliphatic heterocycles. The first-order valence-electron chi connectivity index (χ1n) is 10.1. The van der Waals surface area contributed by atoms with E-state index in [1.165, 1.54) is 13.2 Å². The number of halogens is 2. The van der Waals surface area contributed by atoms with Crippen LogP contribution in [0.15, 0.2) is 6.07 Å². The van der Waals surface area contributed by atoms with Crippen LogP contribution in [0.1, 0.15) is 38.7 Å². The van der Waals surface area contributed by atoms with Crippen LogP contribution >= 0.6 is 12.4 Å². The maximum atomic E-state index is 15.3. The lowest BCUT2D eigenvalue weighted by Gasteiger charge is -2.44. The van der Waals surface area contributed by atoms with Crippen molar-refractivity contribution in [3.05, 3.63) is 17.4 Å². The highest BCUT2D eigenvalue weighted by molar-refractivity contribution is 6.10. The van der Waals surface area contributed by atoms with Crippen LogP contribution in [0.5, 0.6) is 5.75 Å². The Morgan fingerprint density at radius 1 is 1.30 bits per heavy atom. The van der Waals surface area contributed by atoms with Crippen LogP contribution in [0.2, 0.25) is 0 Å². The summed E-state index contributed by atoms with van der Waals surface area (Å²) in [5, 5.41) is 9.50. The maximum Gasteiger partial charge on any atom is 0.316 e. The second-order valence-corrected chi connectivity index (χ2v) is 9.09. The van der Waals surface area contributed by atoms with Gasteiger partial charge < -0.3 is 25.4 Å². The first kappa shape index (κ1) is 22.6. The fraction of sp³-hybridized carbons (Fsp3) is 0.619. The second-order valence-electron chi connectivity index (χ2n) is 9.09. The summed E-state index contributed by atoms with van der Waals surface area (Å²) < 4.78 is 21.0. The van der Waals surface area contributed by atoms with E-state index in [0.29, 0.717) is 35.8 Å². The molecule has 4 rings (SSSR count). The molecule has 1 aromatic carbocycles. The number of carbonyl (C=O) groups is 2. The summed E-state index contributed by atoms with van der Waals surface area (Å²) in [4.78, 5) is 28.1. The van der Waals surface area contributed by atoms with Crippen LogP contribution in [0.25, 0.3) is 0 Å². The third kappa shape index (κ3) is 3.60. The minimum Gasteiger partial charge on any atom is -0.492 e. The molecule has 0 radical (unpaired) electrons. The number of rotatable bonds is 4. The van der Waals surface area contributed by atoms with Crippen molar-refractivity contribution in [2.45, 2.75) is 51.6 Å². The predicted octanol–water partition coefficient (Wildman–Crippen LogP) is 2.57. The molecule has 1 aromatic rings. The average molecular weight is 442 g/mol. The standard InChI is InChI=1S/C21H28FN3O4.ClH/c1-21(2)10-24(7-6-15(21)23)17-14(22)9-11-8-13(20(27)28)19(26)25(12-4-5-12)16(11)18(17)29-3;/h9,12-13,15H,4-8,10,23H2,1-3H3,(H,27,28);1H. The Labute approximate surface area is 181 Å². The lowest BCUT2D eigenvalue weighted by molar-refractivity contribution is -0.146. The van der Waals surface area contributed by atoms with Crippen molar-refractivity contribution < 1.29 is 23.8 Å². The molecule has 7 nitrogen and oxygen atoms in total. The van der Waals surface area contributed by atoms with Crippen LogP contribution in [-0.2, 0) is 16.0 Å². The molecule has 1 aliphatic carbocycles. The molecule has 9 heteroatoms. The summed E-state index contributed by atoms with van der Waals surface area (Å²) in [7, 11) is 1.47. The molecule has 166 valence electrons. The van der Waals surface area contributed by atoms with E-state index in [4.69, 9.17) is 10.5 Å². The minimum absolute atomic E-state index is 0. The molecular weight excluding hydrogens is 413 g/mol. The lowest BCUT2D eigenvalue weighted by atomic mass is 9.79. The summed E-state index contributed by atoms with van der Waals surface area (Å²) >= 11 is 0. The van der Waals surface area contributed by atoms with Gasteiger partial charge in [-0.15, -0.1) is 12.4 Å². The molecule has 2 heterocycles. The first-order valence-corrected chi connectivity index (χ1v) is 10.1. The van der Waals surface area contributed by atoms with Gasteiger partial charge in [-0.25, -0.2) is 4.39 Å². The number of carboxylic acid groups (broad SMARTS) is 1. The van der Waals surface area contributed by atoms with Crippen LogP contribution in [0, 0.1) is 17.2 Å². The van der Waals surface area contributed by atoms with Gasteiger partial charge in [-0.1, -0.05) is 13.8 Å². The number of hydrogen-bond donors (Lipinski definition) is 2. The fourth-order valence-corrected chi connectivity index (χ4v) is 4.60. The predicted molar refractivity (Wildman–Crippen MR) is 114 cm³/mol. The van der Waals surface area contributed by atoms with Crippen LogP contribution in [0.4, 0.5) is 15.8 Å². The lowest BCUT2D eigenvalue weighted by Crippen LogP contribution is -2.53. The Morgan fingerprint density at radius 2 is 1.97 bits per heavy atom. The van der Waals surface area contributed by atoms with Crippen molar-refractivity contribution in [3.8, 4) is 5.75 Å². The normalized spacial score (nSPS) is 25.4. The second kappa shape index (κ2) is 7.89. The molecule has 2 atom stereocenters. The van der Waals surface area contributed by atoms with Gasteiger partial charge in [0.25, 0.3) is 0 Å². The highest BCUT2D eigenvalue weighted by Gasteiger charge is 2.47. The zero-order valence-electron chi connectivity index (χ0n) is 17.5. The minimum atomic E-state index is -1.19. The number of ether oxygens (including phenoxy) is 1. The Bertz CT molecular complexity index is 874. The number of amides is 1. The highest BCUT2D eigenvalue weighted by Crippen LogP contribution is 2.50. The molecule has 3 aliphatic rings. The monoisotopic (exact) mass is 441 g/mol. The van der Waals surface area contributed by atoms with Crippen molar-refractivity contribution in [1.82, 2.24) is 0 Å². The fourth-order valence-electron chi connectivity index (χ4n) is 4.60. The number of carboxylic acids is 1. The van der Waals surface area contributed by atoms with Gasteiger partial charge in [0.05, 0.1) is 12.8 Å². The van der Waals surface area contributed by atoms with E-state index in [9.17, 15) is 14.7 Å². The number of hydrogen-bond acceptors (Lipinski definition) is 5. The molecule has 3 N–H and O–H groups in total. The summed E-state index contributed by atoms with van der Waals surface area (Å²) in [6.45, 7) is 5.27. The summed E-state index contributed by atoms with van der Waals surface area (Å²) in [6.07, 6.45) is 2.30. The van der Waals surface area contributed by atoms with Crippen LogP contribution in [0.3, 0.4) is 0 Å². The van der Waals surface area contributed by atoms with E-state index in [0.717, 1.165) is 19.3 Å². The van der Waals surface area contributed by atoms with Crippen molar-refractivity contribution in [2.75, 3.05) is 30.0 Å². The molecule has 30 heavy (non-hydrogen) atoms. The van der Waals surface area contributed by atoms with E-state index < -0.39 is 23.6 Å². The van der Waals surface area contributed by atoms with E-state index in [2.05, 4.69) is 13.8 Å². The van der Waals surface area contributed by atoms with Gasteiger partial charge in [0.2, 0.25) is 5.91 Å². The molecule has 2 fully saturated rings. The SMILES string of the molecule is COc1c(N2CCC(N)C(C)(C)C2)c(F)cc2c1N(C1CC1)C(=O)C(C(=O)O)C2.Cl. The number of nitrogens with two attached hydrogens (primary N) is 1. The number of fused-ring (bicyclic) bond motifs is 1. The Kier molecular flexibility index (Phi) is 5.95. The average Bonchev–Trinajstić information content (AvgIpc) is 3.47. The molecule has 1 saturated heterocycles. The Balaban J connectivity index is 0.00000256. The van der Waals surface area contributed by atoms with Crippen molar-refractivity contribution >= 4 is 35.7 Å². The quantitative estimate of drug-likeness (QED) is 0.697. The zero-order valence-corrected chi connectivity index (χ0v) is 18.3. The summed E-state index contributed by atoms with van der Waals surface area (Å²) in [5.41, 5.74) is 7.41. The number of benzene rings is 1. The molecule has 0 bridgehead atoms. The molecular formula is C21H29ClFN3O4. The number of piperidine rings is 1. The number of aliphatic carboxylic acids is 1. The Hall–Kier alpha value is -2.06. The van der Waals surface area contributed by atoms with Gasteiger partial charge in [-0.2, -0.15) is 0 Å². The zero-order chi connectivity index (χ0) is 21.1. The molecule has 1 saturated carbocycles. The Morgan fingerprint density at radius 3 is 2.50 bits per heavy atom. The van der Waals surface area contributed by atoms with Crippen molar-refractivity contribution in [3.63, 3.8) is 0 Å². The number of carbonyl (C=O) groups excluding carboxylic acids is 1. The van der Waals surface area contributed by atoms with Gasteiger partial charge in [0.1, 0.15) is 11.6 Å². The van der Waals surface area contributed by atoms with E-state index >= 15 is 4.39 Å². The van der Waals surface area contributed by atoms with Crippen molar-refractivity contribution in [2.24, 2.45) is 17.1 Å².